The minimum absolute atomic E-state index is 0.293. The average molecular weight is 310 g/mol. The van der Waals surface area contributed by atoms with Crippen LogP contribution in [0, 0.1) is 22.7 Å². The van der Waals surface area contributed by atoms with Crippen LogP contribution >= 0.6 is 0 Å². The first-order valence-corrected chi connectivity index (χ1v) is 6.89. The normalized spacial score (nSPS) is 16.2. The Kier molecular flexibility index (Phi) is 5.40. The van der Waals surface area contributed by atoms with Crippen LogP contribution in [-0.2, 0) is 9.59 Å². The Morgan fingerprint density at radius 3 is 2.57 bits per heavy atom. The molecule has 2 rings (SSSR count). The number of rotatable bonds is 5. The van der Waals surface area contributed by atoms with Crippen LogP contribution in [0.25, 0.3) is 0 Å². The van der Waals surface area contributed by atoms with Crippen molar-refractivity contribution in [3.8, 4) is 12.1 Å². The Labute approximate surface area is 133 Å². The van der Waals surface area contributed by atoms with Crippen molar-refractivity contribution in [2.24, 2.45) is 5.10 Å². The largest absolute Gasteiger partial charge is 0.289 e. The third-order valence-electron chi connectivity index (χ3n) is 3.12. The van der Waals surface area contributed by atoms with Gasteiger partial charge in [-0.05, 0) is 5.56 Å². The van der Waals surface area contributed by atoms with E-state index in [1.165, 1.54) is 0 Å². The van der Waals surface area contributed by atoms with Crippen LogP contribution in [0.3, 0.4) is 0 Å². The van der Waals surface area contributed by atoms with E-state index in [1.807, 2.05) is 30.3 Å². The van der Waals surface area contributed by atoms with Gasteiger partial charge in [0.2, 0.25) is 5.91 Å². The van der Waals surface area contributed by atoms with E-state index in [1.54, 1.807) is 12.1 Å². The van der Waals surface area contributed by atoms with Gasteiger partial charge in [0, 0.05) is 6.42 Å². The molecule has 0 saturated carbocycles. The lowest BCUT2D eigenvalue weighted by atomic mass is 10.1. The van der Waals surface area contributed by atoms with Crippen molar-refractivity contribution in [1.29, 1.82) is 10.5 Å². The van der Waals surface area contributed by atoms with Gasteiger partial charge >= 0.3 is 0 Å². The molecule has 23 heavy (non-hydrogen) atoms. The van der Waals surface area contributed by atoms with Crippen LogP contribution in [0.4, 0.5) is 0 Å². The number of carbonyl (C=O) groups is 2. The molecule has 8 heteroatoms. The molecular formula is C15H14N6O2. The molecule has 2 amide bonds. The summed E-state index contributed by atoms with van der Waals surface area (Å²) >= 11 is 0. The fraction of sp³-hybridized carbons (Fsp3) is 0.267. The SMILES string of the molecule is N#CCC(=O)NN[C@H]1CC(c2ccccc2)=NN1C(=O)CC#N. The van der Waals surface area contributed by atoms with Crippen molar-refractivity contribution in [2.75, 3.05) is 0 Å². The molecule has 1 atom stereocenters. The van der Waals surface area contributed by atoms with Gasteiger partial charge in [-0.2, -0.15) is 15.6 Å². The van der Waals surface area contributed by atoms with Crippen molar-refractivity contribution < 1.29 is 9.59 Å². The third kappa shape index (κ3) is 4.13. The number of nitriles is 2. The summed E-state index contributed by atoms with van der Waals surface area (Å²) in [5, 5.41) is 22.6. The Morgan fingerprint density at radius 2 is 1.91 bits per heavy atom. The maximum atomic E-state index is 12.0. The van der Waals surface area contributed by atoms with E-state index in [-0.39, 0.29) is 12.8 Å². The van der Waals surface area contributed by atoms with E-state index in [4.69, 9.17) is 10.5 Å². The van der Waals surface area contributed by atoms with Gasteiger partial charge in [0.15, 0.2) is 0 Å². The van der Waals surface area contributed by atoms with Gasteiger partial charge in [0.25, 0.3) is 5.91 Å². The molecule has 1 aliphatic rings. The molecule has 8 nitrogen and oxygen atoms in total. The number of benzene rings is 1. The van der Waals surface area contributed by atoms with Crippen molar-refractivity contribution >= 4 is 17.5 Å². The second-order valence-electron chi connectivity index (χ2n) is 4.73. The topological polar surface area (TPSA) is 121 Å². The first-order chi connectivity index (χ1) is 11.2. The number of amides is 2. The fourth-order valence-electron chi connectivity index (χ4n) is 2.09. The summed E-state index contributed by atoms with van der Waals surface area (Å²) < 4.78 is 0. The highest BCUT2D eigenvalue weighted by Crippen LogP contribution is 2.19. The molecular weight excluding hydrogens is 296 g/mol. The Balaban J connectivity index is 2.12. The Hall–Kier alpha value is -3.23. The second kappa shape index (κ2) is 7.69. The van der Waals surface area contributed by atoms with Gasteiger partial charge in [-0.25, -0.2) is 10.4 Å². The van der Waals surface area contributed by atoms with Crippen molar-refractivity contribution in [2.45, 2.75) is 25.4 Å². The van der Waals surface area contributed by atoms with Crippen LogP contribution in [0.1, 0.15) is 24.8 Å². The van der Waals surface area contributed by atoms with Crippen LogP contribution in [-0.4, -0.2) is 28.7 Å². The Bertz CT molecular complexity index is 701. The number of hydrogen-bond donors (Lipinski definition) is 2. The van der Waals surface area contributed by atoms with E-state index >= 15 is 0 Å². The summed E-state index contributed by atoms with van der Waals surface area (Å²) in [4.78, 5) is 23.4. The van der Waals surface area contributed by atoms with Crippen molar-refractivity contribution in [3.63, 3.8) is 0 Å². The van der Waals surface area contributed by atoms with E-state index < -0.39 is 18.0 Å². The highest BCUT2D eigenvalue weighted by molar-refractivity contribution is 6.03. The zero-order valence-electron chi connectivity index (χ0n) is 12.2. The summed E-state index contributed by atoms with van der Waals surface area (Å²) in [6.45, 7) is 0. The lowest BCUT2D eigenvalue weighted by Crippen LogP contribution is -2.51. The third-order valence-corrected chi connectivity index (χ3v) is 3.12. The molecule has 1 aromatic carbocycles. The first-order valence-electron chi connectivity index (χ1n) is 6.89. The molecule has 0 fully saturated rings. The fourth-order valence-corrected chi connectivity index (χ4v) is 2.09. The van der Waals surface area contributed by atoms with E-state index in [9.17, 15) is 9.59 Å². The molecule has 0 bridgehead atoms. The quantitative estimate of drug-likeness (QED) is 0.762. The van der Waals surface area contributed by atoms with Gasteiger partial charge < -0.3 is 0 Å². The van der Waals surface area contributed by atoms with Gasteiger partial charge in [-0.3, -0.25) is 15.0 Å². The molecule has 0 saturated heterocycles. The van der Waals surface area contributed by atoms with Gasteiger partial charge in [0.1, 0.15) is 19.0 Å². The molecule has 0 spiro atoms. The van der Waals surface area contributed by atoms with Crippen molar-refractivity contribution in [1.82, 2.24) is 15.9 Å². The minimum Gasteiger partial charge on any atom is -0.289 e. The molecule has 0 aromatic heterocycles. The van der Waals surface area contributed by atoms with E-state index in [0.717, 1.165) is 10.6 Å². The molecule has 116 valence electrons. The van der Waals surface area contributed by atoms with Crippen LogP contribution in [0.2, 0.25) is 0 Å². The molecule has 0 radical (unpaired) electrons. The van der Waals surface area contributed by atoms with Gasteiger partial charge in [0.05, 0.1) is 17.9 Å². The van der Waals surface area contributed by atoms with Gasteiger partial charge in [-0.1, -0.05) is 30.3 Å². The number of nitrogens with zero attached hydrogens (tertiary/aromatic N) is 4. The molecule has 1 aromatic rings. The number of hydrazine groups is 1. The molecule has 1 aliphatic heterocycles. The summed E-state index contributed by atoms with van der Waals surface area (Å²) in [5.74, 6) is -0.973. The van der Waals surface area contributed by atoms with Gasteiger partial charge in [-0.15, -0.1) is 0 Å². The first kappa shape index (κ1) is 16.1. The highest BCUT2D eigenvalue weighted by Gasteiger charge is 2.31. The molecule has 2 N–H and O–H groups in total. The molecule has 0 aliphatic carbocycles. The maximum absolute atomic E-state index is 12.0. The molecule has 1 heterocycles. The zero-order valence-corrected chi connectivity index (χ0v) is 12.2. The summed E-state index contributed by atoms with van der Waals surface area (Å²) in [6.07, 6.45) is -0.837. The summed E-state index contributed by atoms with van der Waals surface area (Å²) in [5.41, 5.74) is 6.58. The van der Waals surface area contributed by atoms with Crippen LogP contribution in [0.15, 0.2) is 35.4 Å². The summed E-state index contributed by atoms with van der Waals surface area (Å²) in [6, 6.07) is 12.8. The monoisotopic (exact) mass is 310 g/mol. The van der Waals surface area contributed by atoms with Crippen molar-refractivity contribution in [3.05, 3.63) is 35.9 Å². The lowest BCUT2D eigenvalue weighted by molar-refractivity contribution is -0.133. The molecule has 0 unspecified atom stereocenters. The van der Waals surface area contributed by atoms with E-state index in [0.29, 0.717) is 12.1 Å². The second-order valence-corrected chi connectivity index (χ2v) is 4.73. The summed E-state index contributed by atoms with van der Waals surface area (Å²) in [7, 11) is 0. The number of nitrogens with one attached hydrogen (secondary N) is 2. The smallest absolute Gasteiger partial charge is 0.258 e. The number of carbonyl (C=O) groups excluding carboxylic acids is 2. The van der Waals surface area contributed by atoms with E-state index in [2.05, 4.69) is 16.0 Å². The standard InChI is InChI=1S/C15H14N6O2/c16-8-6-14(22)19-18-13-10-12(11-4-2-1-3-5-11)20-21(13)15(23)7-9-17/h1-5,13,18H,6-7,10H2,(H,19,22)/t13-/m1/s1. The number of hydrazone groups is 1. The number of hydrogen-bond acceptors (Lipinski definition) is 6. The average Bonchev–Trinajstić information content (AvgIpc) is 2.99. The minimum atomic E-state index is -0.603. The van der Waals surface area contributed by atoms with Crippen LogP contribution in [0.5, 0.6) is 0 Å². The highest BCUT2D eigenvalue weighted by atomic mass is 16.2. The lowest BCUT2D eigenvalue weighted by Gasteiger charge is -2.21. The zero-order chi connectivity index (χ0) is 16.7. The van der Waals surface area contributed by atoms with Crippen LogP contribution < -0.4 is 10.9 Å². The maximum Gasteiger partial charge on any atom is 0.258 e. The predicted octanol–water partition coefficient (Wildman–Crippen LogP) is 0.397. The predicted molar refractivity (Wildman–Crippen MR) is 80.0 cm³/mol. The Morgan fingerprint density at radius 1 is 1.22 bits per heavy atom.